The van der Waals surface area contributed by atoms with Gasteiger partial charge in [0.1, 0.15) is 41.1 Å². The van der Waals surface area contributed by atoms with E-state index in [1.807, 2.05) is 4.57 Å². The van der Waals surface area contributed by atoms with Crippen LogP contribution >= 0.6 is 0 Å². The molecule has 5 aromatic rings. The van der Waals surface area contributed by atoms with Crippen LogP contribution in [0.1, 0.15) is 41.4 Å². The first kappa shape index (κ1) is 28.2. The summed E-state index contributed by atoms with van der Waals surface area (Å²) in [6, 6.07) is 8.79. The number of pyridine rings is 1. The van der Waals surface area contributed by atoms with E-state index >= 15 is 4.39 Å². The second kappa shape index (κ2) is 11.4. The average Bonchev–Trinajstić information content (AvgIpc) is 3.45. The molecule has 1 fully saturated rings. The normalized spacial score (nSPS) is 15.4. The molecule has 1 amide bonds. The summed E-state index contributed by atoms with van der Waals surface area (Å²) in [5, 5.41) is 4.85. The van der Waals surface area contributed by atoms with E-state index in [1.165, 1.54) is 12.5 Å². The van der Waals surface area contributed by atoms with Gasteiger partial charge in [0.2, 0.25) is 0 Å². The number of rotatable bonds is 6. The van der Waals surface area contributed by atoms with Crippen molar-refractivity contribution in [1.82, 2.24) is 24.5 Å². The number of amides is 1. The molecule has 0 spiro atoms. The Balaban J connectivity index is 1.32. The number of imidazole rings is 1. The molecule has 1 unspecified atom stereocenters. The Morgan fingerprint density at radius 3 is 2.65 bits per heavy atom. The zero-order valence-corrected chi connectivity index (χ0v) is 22.2. The van der Waals surface area contributed by atoms with Crippen molar-refractivity contribution in [2.24, 2.45) is 0 Å². The van der Waals surface area contributed by atoms with Crippen molar-refractivity contribution in [2.75, 3.05) is 17.2 Å². The van der Waals surface area contributed by atoms with Gasteiger partial charge in [-0.25, -0.2) is 28.7 Å². The van der Waals surface area contributed by atoms with Gasteiger partial charge in [-0.15, -0.1) is 0 Å². The van der Waals surface area contributed by atoms with Crippen LogP contribution in [0.25, 0.3) is 22.4 Å². The number of anilines is 3. The number of halogens is 5. The summed E-state index contributed by atoms with van der Waals surface area (Å²) in [6.07, 6.45) is 2.22. The lowest BCUT2D eigenvalue weighted by molar-refractivity contribution is -0.137. The monoisotopic (exact) mass is 595 g/mol. The smallest absolute Gasteiger partial charge is 0.358 e. The topological polar surface area (TPSA) is 107 Å². The molecular formula is C29H22F5N7O2. The molecule has 1 atom stereocenters. The molecule has 43 heavy (non-hydrogen) atoms. The van der Waals surface area contributed by atoms with Gasteiger partial charge in [-0.05, 0) is 61.7 Å². The lowest BCUT2D eigenvalue weighted by Crippen LogP contribution is -2.17. The molecule has 3 aromatic heterocycles. The largest absolute Gasteiger partial charge is 0.416 e. The summed E-state index contributed by atoms with van der Waals surface area (Å²) in [6.45, 7) is 0.621. The van der Waals surface area contributed by atoms with Crippen LogP contribution in [0.2, 0.25) is 0 Å². The molecular weight excluding hydrogens is 573 g/mol. The molecule has 0 saturated carbocycles. The van der Waals surface area contributed by atoms with E-state index in [4.69, 9.17) is 4.74 Å². The van der Waals surface area contributed by atoms with Crippen LogP contribution in [0.4, 0.5) is 39.1 Å². The number of benzene rings is 2. The van der Waals surface area contributed by atoms with E-state index in [9.17, 15) is 22.4 Å². The SMILES string of the molecule is O=C(Nc1ccc(F)c(Nc2ncccc2-c2ncnc3c2ncn3C2CCCCO2)c1F)c1cccc(C(F)(F)F)c1. The second-order valence-electron chi connectivity index (χ2n) is 9.71. The molecule has 4 heterocycles. The highest BCUT2D eigenvalue weighted by atomic mass is 19.4. The van der Waals surface area contributed by atoms with Crippen LogP contribution in [-0.2, 0) is 10.9 Å². The number of nitrogens with zero attached hydrogens (tertiary/aromatic N) is 5. The second-order valence-corrected chi connectivity index (χ2v) is 9.71. The van der Waals surface area contributed by atoms with Gasteiger partial charge in [0.25, 0.3) is 5.91 Å². The van der Waals surface area contributed by atoms with E-state index in [1.54, 1.807) is 18.5 Å². The molecule has 220 valence electrons. The van der Waals surface area contributed by atoms with Crippen molar-refractivity contribution in [3.63, 3.8) is 0 Å². The minimum atomic E-state index is -4.67. The quantitative estimate of drug-likeness (QED) is 0.206. The van der Waals surface area contributed by atoms with Crippen LogP contribution in [0, 0.1) is 11.6 Å². The molecule has 0 aliphatic carbocycles. The number of nitrogens with one attached hydrogen (secondary N) is 2. The average molecular weight is 596 g/mol. The predicted molar refractivity (Wildman–Crippen MR) is 146 cm³/mol. The first-order valence-electron chi connectivity index (χ1n) is 13.2. The molecule has 6 rings (SSSR count). The maximum absolute atomic E-state index is 15.6. The number of aromatic nitrogens is 5. The van der Waals surface area contributed by atoms with Gasteiger partial charge in [-0.3, -0.25) is 9.36 Å². The van der Waals surface area contributed by atoms with Crippen LogP contribution in [0.3, 0.4) is 0 Å². The fourth-order valence-corrected chi connectivity index (χ4v) is 4.81. The van der Waals surface area contributed by atoms with Gasteiger partial charge in [-0.2, -0.15) is 13.2 Å². The molecule has 1 aliphatic rings. The molecule has 2 N–H and O–H groups in total. The van der Waals surface area contributed by atoms with Gasteiger partial charge in [-0.1, -0.05) is 6.07 Å². The minimum absolute atomic E-state index is 0.0325. The van der Waals surface area contributed by atoms with Crippen LogP contribution in [-0.4, -0.2) is 37.0 Å². The fourth-order valence-electron chi connectivity index (χ4n) is 4.81. The van der Waals surface area contributed by atoms with Crippen molar-refractivity contribution >= 4 is 34.3 Å². The van der Waals surface area contributed by atoms with Crippen molar-refractivity contribution in [3.8, 4) is 11.3 Å². The Morgan fingerprint density at radius 2 is 1.86 bits per heavy atom. The highest BCUT2D eigenvalue weighted by Crippen LogP contribution is 2.36. The predicted octanol–water partition coefficient (Wildman–Crippen LogP) is 6.88. The minimum Gasteiger partial charge on any atom is -0.358 e. The van der Waals surface area contributed by atoms with E-state index < -0.39 is 40.7 Å². The van der Waals surface area contributed by atoms with Crippen molar-refractivity contribution in [1.29, 1.82) is 0 Å². The molecule has 1 saturated heterocycles. The maximum atomic E-state index is 15.6. The number of fused-ring (bicyclic) bond motifs is 1. The molecule has 14 heteroatoms. The Labute approximate surface area is 240 Å². The van der Waals surface area contributed by atoms with E-state index in [0.29, 0.717) is 35.1 Å². The first-order chi connectivity index (χ1) is 20.7. The summed E-state index contributed by atoms with van der Waals surface area (Å²) < 4.78 is 77.5. The van der Waals surface area contributed by atoms with Crippen LogP contribution in [0.5, 0.6) is 0 Å². The third-order valence-electron chi connectivity index (χ3n) is 6.92. The zero-order chi connectivity index (χ0) is 30.1. The molecule has 0 bridgehead atoms. The third-order valence-corrected chi connectivity index (χ3v) is 6.92. The van der Waals surface area contributed by atoms with E-state index in [0.717, 1.165) is 49.6 Å². The standard InChI is InChI=1S/C29H22F5N7O2/c30-19-9-10-20(39-28(42)16-5-3-6-17(13-16)29(32,33)34)22(31)24(19)40-26-18(7-4-11-35-26)23-25-27(37-14-36-23)41(15-38-25)21-8-1-2-12-43-21/h3-7,9-11,13-15,21H,1-2,8,12H2,(H,35,40)(H,39,42). The summed E-state index contributed by atoms with van der Waals surface area (Å²) >= 11 is 0. The lowest BCUT2D eigenvalue weighted by atomic mass is 10.1. The number of carbonyl (C=O) groups excluding carboxylic acids is 1. The molecule has 0 radical (unpaired) electrons. The van der Waals surface area contributed by atoms with Crippen molar-refractivity contribution in [2.45, 2.75) is 31.7 Å². The van der Waals surface area contributed by atoms with Gasteiger partial charge in [0.15, 0.2) is 11.5 Å². The van der Waals surface area contributed by atoms with Crippen molar-refractivity contribution < 1.29 is 31.5 Å². The molecule has 2 aromatic carbocycles. The highest BCUT2D eigenvalue weighted by Gasteiger charge is 2.31. The lowest BCUT2D eigenvalue weighted by Gasteiger charge is -2.23. The Kier molecular flexibility index (Phi) is 7.44. The number of carbonyl (C=O) groups is 1. The van der Waals surface area contributed by atoms with Gasteiger partial charge in [0.05, 0.1) is 17.6 Å². The third kappa shape index (κ3) is 5.60. The van der Waals surface area contributed by atoms with Gasteiger partial charge >= 0.3 is 6.18 Å². The maximum Gasteiger partial charge on any atom is 0.416 e. The van der Waals surface area contributed by atoms with Crippen molar-refractivity contribution in [3.05, 3.63) is 90.1 Å². The Morgan fingerprint density at radius 1 is 1.00 bits per heavy atom. The summed E-state index contributed by atoms with van der Waals surface area (Å²) in [7, 11) is 0. The Hall–Kier alpha value is -4.98. The first-order valence-corrected chi connectivity index (χ1v) is 13.2. The number of ether oxygens (including phenoxy) is 1. The van der Waals surface area contributed by atoms with Crippen LogP contribution < -0.4 is 10.6 Å². The zero-order valence-electron chi connectivity index (χ0n) is 22.2. The highest BCUT2D eigenvalue weighted by molar-refractivity contribution is 6.04. The number of alkyl halides is 3. The number of hydrogen-bond acceptors (Lipinski definition) is 7. The van der Waals surface area contributed by atoms with E-state index in [-0.39, 0.29) is 17.6 Å². The summed E-state index contributed by atoms with van der Waals surface area (Å²) in [5.41, 5.74) is -0.843. The molecule has 1 aliphatic heterocycles. The van der Waals surface area contributed by atoms with E-state index in [2.05, 4.69) is 30.6 Å². The van der Waals surface area contributed by atoms with Gasteiger partial charge in [0, 0.05) is 23.9 Å². The Bertz CT molecular complexity index is 1820. The van der Waals surface area contributed by atoms with Crippen LogP contribution in [0.15, 0.2) is 67.4 Å². The van der Waals surface area contributed by atoms with Gasteiger partial charge < -0.3 is 15.4 Å². The summed E-state index contributed by atoms with van der Waals surface area (Å²) in [5.74, 6) is -3.17. The summed E-state index contributed by atoms with van der Waals surface area (Å²) in [4.78, 5) is 30.2. The number of hydrogen-bond donors (Lipinski definition) is 2. The molecule has 9 nitrogen and oxygen atoms in total. The fraction of sp³-hybridized carbons (Fsp3) is 0.207.